The first-order chi connectivity index (χ1) is 10.7. The van der Waals surface area contributed by atoms with E-state index < -0.39 is 0 Å². The van der Waals surface area contributed by atoms with Crippen molar-refractivity contribution < 1.29 is 4.79 Å². The normalized spacial score (nSPS) is 18.1. The highest BCUT2D eigenvalue weighted by molar-refractivity contribution is 8.00. The molecule has 0 radical (unpaired) electrons. The zero-order chi connectivity index (χ0) is 15.8. The predicted molar refractivity (Wildman–Crippen MR) is 94.4 cm³/mol. The Kier molecular flexibility index (Phi) is 6.58. The molecule has 1 amide bonds. The Bertz CT molecular complexity index is 527. The summed E-state index contributed by atoms with van der Waals surface area (Å²) in [5.41, 5.74) is 1.92. The average molecular weight is 320 g/mol. The SMILES string of the molecule is CN=C(NCc1cccc(NC(C)=O)c1)NCC1CCCS1. The largest absolute Gasteiger partial charge is 0.355 e. The lowest BCUT2D eigenvalue weighted by Crippen LogP contribution is -2.39. The number of carbonyl (C=O) groups is 1. The van der Waals surface area contributed by atoms with Gasteiger partial charge >= 0.3 is 0 Å². The number of anilines is 1. The van der Waals surface area contributed by atoms with Gasteiger partial charge in [0, 0.05) is 38.0 Å². The first kappa shape index (κ1) is 16.7. The van der Waals surface area contributed by atoms with E-state index in [1.54, 1.807) is 7.05 Å². The molecule has 1 aromatic rings. The highest BCUT2D eigenvalue weighted by atomic mass is 32.2. The van der Waals surface area contributed by atoms with E-state index in [9.17, 15) is 4.79 Å². The van der Waals surface area contributed by atoms with E-state index in [0.29, 0.717) is 11.8 Å². The van der Waals surface area contributed by atoms with Crippen molar-refractivity contribution in [2.75, 3.05) is 24.7 Å². The first-order valence-electron chi connectivity index (χ1n) is 7.60. The number of guanidine groups is 1. The molecular weight excluding hydrogens is 296 g/mol. The van der Waals surface area contributed by atoms with Crippen molar-refractivity contribution in [1.82, 2.24) is 10.6 Å². The molecule has 0 spiro atoms. The van der Waals surface area contributed by atoms with Crippen molar-refractivity contribution >= 4 is 29.3 Å². The molecule has 22 heavy (non-hydrogen) atoms. The second-order valence-corrected chi connectivity index (χ2v) is 6.73. The quantitative estimate of drug-likeness (QED) is 0.575. The third kappa shape index (κ3) is 5.60. The molecule has 1 atom stereocenters. The fraction of sp³-hybridized carbons (Fsp3) is 0.500. The van der Waals surface area contributed by atoms with E-state index in [2.05, 4.69) is 20.9 Å². The molecule has 0 aromatic heterocycles. The maximum absolute atomic E-state index is 11.1. The lowest BCUT2D eigenvalue weighted by atomic mass is 10.2. The number of rotatable bonds is 5. The van der Waals surface area contributed by atoms with Crippen LogP contribution in [0, 0.1) is 0 Å². The number of carbonyl (C=O) groups excluding carboxylic acids is 1. The van der Waals surface area contributed by atoms with Crippen molar-refractivity contribution in [3.8, 4) is 0 Å². The van der Waals surface area contributed by atoms with Gasteiger partial charge in [-0.2, -0.15) is 11.8 Å². The van der Waals surface area contributed by atoms with Gasteiger partial charge in [0.05, 0.1) is 0 Å². The topological polar surface area (TPSA) is 65.5 Å². The Hall–Kier alpha value is -1.69. The molecule has 0 saturated carbocycles. The summed E-state index contributed by atoms with van der Waals surface area (Å²) in [5, 5.41) is 10.2. The molecule has 1 aromatic carbocycles. The van der Waals surface area contributed by atoms with Crippen molar-refractivity contribution in [3.63, 3.8) is 0 Å². The summed E-state index contributed by atoms with van der Waals surface area (Å²) in [7, 11) is 1.78. The van der Waals surface area contributed by atoms with Crippen LogP contribution in [0.25, 0.3) is 0 Å². The standard InChI is InChI=1S/C16H24N4OS/c1-12(21)20-14-6-3-5-13(9-14)10-18-16(17-2)19-11-15-7-4-8-22-15/h3,5-6,9,15H,4,7-8,10-11H2,1-2H3,(H,20,21)(H2,17,18,19). The summed E-state index contributed by atoms with van der Waals surface area (Å²) in [5.74, 6) is 2.03. The van der Waals surface area contributed by atoms with Crippen LogP contribution in [0.15, 0.2) is 29.3 Å². The number of nitrogens with zero attached hydrogens (tertiary/aromatic N) is 1. The minimum atomic E-state index is -0.0587. The summed E-state index contributed by atoms with van der Waals surface area (Å²) in [6.07, 6.45) is 2.60. The molecule has 1 saturated heterocycles. The van der Waals surface area contributed by atoms with E-state index in [-0.39, 0.29) is 5.91 Å². The van der Waals surface area contributed by atoms with Crippen LogP contribution in [0.3, 0.4) is 0 Å². The molecule has 0 aliphatic carbocycles. The van der Waals surface area contributed by atoms with Crippen LogP contribution >= 0.6 is 11.8 Å². The molecule has 3 N–H and O–H groups in total. The van der Waals surface area contributed by atoms with Crippen molar-refractivity contribution in [2.24, 2.45) is 4.99 Å². The fourth-order valence-electron chi connectivity index (χ4n) is 2.38. The molecule has 120 valence electrons. The van der Waals surface area contributed by atoms with Gasteiger partial charge in [0.1, 0.15) is 0 Å². The number of aliphatic imine (C=N–C) groups is 1. The van der Waals surface area contributed by atoms with E-state index in [4.69, 9.17) is 0 Å². The molecular formula is C16H24N4OS. The van der Waals surface area contributed by atoms with Gasteiger partial charge in [-0.05, 0) is 36.3 Å². The Morgan fingerprint density at radius 3 is 2.95 bits per heavy atom. The number of nitrogens with one attached hydrogen (secondary N) is 3. The lowest BCUT2D eigenvalue weighted by Gasteiger charge is -2.15. The molecule has 1 aliphatic rings. The Morgan fingerprint density at radius 2 is 2.27 bits per heavy atom. The summed E-state index contributed by atoms with van der Waals surface area (Å²) < 4.78 is 0. The minimum Gasteiger partial charge on any atom is -0.355 e. The molecule has 2 rings (SSSR count). The lowest BCUT2D eigenvalue weighted by molar-refractivity contribution is -0.114. The number of hydrogen-bond donors (Lipinski definition) is 3. The van der Waals surface area contributed by atoms with Crippen LogP contribution in [0.4, 0.5) is 5.69 Å². The molecule has 1 unspecified atom stereocenters. The van der Waals surface area contributed by atoms with Crippen molar-refractivity contribution in [1.29, 1.82) is 0 Å². The zero-order valence-electron chi connectivity index (χ0n) is 13.2. The molecule has 1 heterocycles. The van der Waals surface area contributed by atoms with Crippen molar-refractivity contribution in [3.05, 3.63) is 29.8 Å². The zero-order valence-corrected chi connectivity index (χ0v) is 14.0. The highest BCUT2D eigenvalue weighted by Gasteiger charge is 2.15. The summed E-state index contributed by atoms with van der Waals surface area (Å²) >= 11 is 2.03. The van der Waals surface area contributed by atoms with Gasteiger partial charge in [0.25, 0.3) is 0 Å². The third-order valence-corrected chi connectivity index (χ3v) is 4.85. The van der Waals surface area contributed by atoms with Crippen LogP contribution in [-0.4, -0.2) is 36.5 Å². The van der Waals surface area contributed by atoms with Gasteiger partial charge in [-0.15, -0.1) is 0 Å². The van der Waals surface area contributed by atoms with Gasteiger partial charge in [-0.1, -0.05) is 12.1 Å². The Morgan fingerprint density at radius 1 is 1.41 bits per heavy atom. The van der Waals surface area contributed by atoms with Crippen LogP contribution in [-0.2, 0) is 11.3 Å². The van der Waals surface area contributed by atoms with Gasteiger partial charge in [0.2, 0.25) is 5.91 Å². The van der Waals surface area contributed by atoms with Gasteiger partial charge < -0.3 is 16.0 Å². The monoisotopic (exact) mass is 320 g/mol. The van der Waals surface area contributed by atoms with Gasteiger partial charge in [-0.25, -0.2) is 0 Å². The number of thioether (sulfide) groups is 1. The van der Waals surface area contributed by atoms with Gasteiger partial charge in [0.15, 0.2) is 5.96 Å². The van der Waals surface area contributed by atoms with Crippen LogP contribution < -0.4 is 16.0 Å². The number of hydrogen-bond acceptors (Lipinski definition) is 3. The Balaban J connectivity index is 1.80. The number of amides is 1. The Labute approximate surface area is 136 Å². The fourth-order valence-corrected chi connectivity index (χ4v) is 3.59. The smallest absolute Gasteiger partial charge is 0.221 e. The van der Waals surface area contributed by atoms with Crippen molar-refractivity contribution in [2.45, 2.75) is 31.6 Å². The second kappa shape index (κ2) is 8.68. The molecule has 1 aliphatic heterocycles. The molecule has 0 bridgehead atoms. The number of benzene rings is 1. The molecule has 1 fully saturated rings. The van der Waals surface area contributed by atoms with Crippen LogP contribution in [0.5, 0.6) is 0 Å². The average Bonchev–Trinajstić information content (AvgIpc) is 3.00. The highest BCUT2D eigenvalue weighted by Crippen LogP contribution is 2.25. The summed E-state index contributed by atoms with van der Waals surface area (Å²) in [4.78, 5) is 15.3. The first-order valence-corrected chi connectivity index (χ1v) is 8.65. The van der Waals surface area contributed by atoms with E-state index in [1.165, 1.54) is 25.5 Å². The maximum Gasteiger partial charge on any atom is 0.221 e. The van der Waals surface area contributed by atoms with Crippen LogP contribution in [0.2, 0.25) is 0 Å². The maximum atomic E-state index is 11.1. The van der Waals surface area contributed by atoms with E-state index in [1.807, 2.05) is 36.0 Å². The minimum absolute atomic E-state index is 0.0587. The third-order valence-electron chi connectivity index (χ3n) is 3.45. The predicted octanol–water partition coefficient (Wildman–Crippen LogP) is 2.21. The molecule has 6 heteroatoms. The summed E-state index contributed by atoms with van der Waals surface area (Å²) in [6.45, 7) is 3.14. The van der Waals surface area contributed by atoms with E-state index >= 15 is 0 Å². The second-order valence-electron chi connectivity index (χ2n) is 5.32. The molecule has 5 nitrogen and oxygen atoms in total. The van der Waals surface area contributed by atoms with Gasteiger partial charge in [-0.3, -0.25) is 9.79 Å². The summed E-state index contributed by atoms with van der Waals surface area (Å²) in [6, 6.07) is 7.82. The van der Waals surface area contributed by atoms with E-state index in [0.717, 1.165) is 23.8 Å². The van der Waals surface area contributed by atoms with Crippen LogP contribution in [0.1, 0.15) is 25.3 Å².